The lowest BCUT2D eigenvalue weighted by Gasteiger charge is -2.35. The van der Waals surface area contributed by atoms with E-state index in [2.05, 4.69) is 4.98 Å². The normalized spacial score (nSPS) is 23.8. The molecule has 0 aliphatic carbocycles. The first-order valence-corrected chi connectivity index (χ1v) is 8.69. The number of ether oxygens (including phenoxy) is 1. The molecule has 136 valence electrons. The van der Waals surface area contributed by atoms with Crippen molar-refractivity contribution in [1.82, 2.24) is 14.3 Å². The second-order valence-corrected chi connectivity index (χ2v) is 6.63. The number of nitrogens with zero attached hydrogens (tertiary/aromatic N) is 3. The van der Waals surface area contributed by atoms with Crippen LogP contribution in [-0.4, -0.2) is 68.9 Å². The van der Waals surface area contributed by atoms with Crippen molar-refractivity contribution in [3.63, 3.8) is 0 Å². The molecule has 1 aliphatic rings. The summed E-state index contributed by atoms with van der Waals surface area (Å²) in [6, 6.07) is 5.74. The number of fused-ring (bicyclic) bond motifs is 1. The summed E-state index contributed by atoms with van der Waals surface area (Å²) in [5.41, 5.74) is 2.12. The van der Waals surface area contributed by atoms with Crippen LogP contribution < -0.4 is 0 Å². The number of rotatable bonds is 5. The number of aromatic nitrogens is 2. The van der Waals surface area contributed by atoms with E-state index in [1.54, 1.807) is 11.1 Å². The maximum absolute atomic E-state index is 12.9. The van der Waals surface area contributed by atoms with Crippen LogP contribution in [0.25, 0.3) is 5.65 Å². The number of aryl methyl sites for hydroxylation is 1. The van der Waals surface area contributed by atoms with Gasteiger partial charge in [0.2, 0.25) is 0 Å². The second kappa shape index (κ2) is 7.51. The lowest BCUT2D eigenvalue weighted by atomic mass is 9.95. The summed E-state index contributed by atoms with van der Waals surface area (Å²) in [5, 5.41) is 19.9. The van der Waals surface area contributed by atoms with Crippen LogP contribution in [0.2, 0.25) is 0 Å². The molecule has 0 unspecified atom stereocenters. The highest BCUT2D eigenvalue weighted by Gasteiger charge is 2.34. The van der Waals surface area contributed by atoms with Gasteiger partial charge in [-0.15, -0.1) is 0 Å². The first kappa shape index (κ1) is 17.8. The Kier molecular flexibility index (Phi) is 5.36. The van der Waals surface area contributed by atoms with Crippen molar-refractivity contribution in [2.45, 2.75) is 32.5 Å². The van der Waals surface area contributed by atoms with Crippen LogP contribution in [0.1, 0.15) is 29.5 Å². The molecule has 0 saturated carbocycles. The highest BCUT2D eigenvalue weighted by atomic mass is 16.5. The van der Waals surface area contributed by atoms with E-state index in [4.69, 9.17) is 4.74 Å². The number of hydrogen-bond donors (Lipinski definition) is 2. The monoisotopic (exact) mass is 347 g/mol. The molecule has 2 aromatic heterocycles. The van der Waals surface area contributed by atoms with Gasteiger partial charge in [0.25, 0.3) is 5.91 Å². The molecule has 25 heavy (non-hydrogen) atoms. The third-order valence-electron chi connectivity index (χ3n) is 4.65. The van der Waals surface area contributed by atoms with Gasteiger partial charge in [0.1, 0.15) is 17.4 Å². The number of carbonyl (C=O) groups is 1. The molecule has 0 aromatic carbocycles. The molecule has 0 spiro atoms. The van der Waals surface area contributed by atoms with Crippen LogP contribution in [0.15, 0.2) is 24.4 Å². The Labute approximate surface area is 146 Å². The third kappa shape index (κ3) is 3.68. The number of aliphatic hydroxyl groups excluding tert-OH is 2. The van der Waals surface area contributed by atoms with E-state index in [0.717, 1.165) is 17.8 Å². The van der Waals surface area contributed by atoms with Gasteiger partial charge in [-0.05, 0) is 25.5 Å². The van der Waals surface area contributed by atoms with E-state index in [0.29, 0.717) is 25.4 Å². The molecule has 0 radical (unpaired) electrons. The molecule has 3 atom stereocenters. The van der Waals surface area contributed by atoms with Crippen LogP contribution in [0, 0.1) is 12.8 Å². The van der Waals surface area contributed by atoms with Gasteiger partial charge in [-0.2, -0.15) is 0 Å². The van der Waals surface area contributed by atoms with E-state index in [1.807, 2.05) is 36.4 Å². The Hall–Kier alpha value is -1.96. The molecule has 2 N–H and O–H groups in total. The highest BCUT2D eigenvalue weighted by Crippen LogP contribution is 2.19. The molecule has 7 heteroatoms. The highest BCUT2D eigenvalue weighted by molar-refractivity contribution is 5.93. The van der Waals surface area contributed by atoms with Gasteiger partial charge in [0, 0.05) is 30.9 Å². The predicted molar refractivity (Wildman–Crippen MR) is 92.4 cm³/mol. The first-order chi connectivity index (χ1) is 12.0. The van der Waals surface area contributed by atoms with Crippen molar-refractivity contribution in [3.05, 3.63) is 35.8 Å². The molecule has 3 rings (SSSR count). The van der Waals surface area contributed by atoms with Crippen LogP contribution in [-0.2, 0) is 4.74 Å². The molecule has 1 saturated heterocycles. The predicted octanol–water partition coefficient (Wildman–Crippen LogP) is 0.863. The minimum Gasteiger partial charge on any atom is -0.390 e. The average Bonchev–Trinajstić information content (AvgIpc) is 3.03. The Balaban J connectivity index is 1.81. The minimum atomic E-state index is -0.907. The third-order valence-corrected chi connectivity index (χ3v) is 4.65. The van der Waals surface area contributed by atoms with Crippen molar-refractivity contribution in [2.24, 2.45) is 5.92 Å². The maximum Gasteiger partial charge on any atom is 0.274 e. The van der Waals surface area contributed by atoms with E-state index in [1.165, 1.54) is 0 Å². The van der Waals surface area contributed by atoms with Gasteiger partial charge >= 0.3 is 0 Å². The summed E-state index contributed by atoms with van der Waals surface area (Å²) < 4.78 is 7.21. The number of aliphatic hydroxyl groups is 2. The van der Waals surface area contributed by atoms with Crippen LogP contribution >= 0.6 is 0 Å². The summed E-state index contributed by atoms with van der Waals surface area (Å²) in [6.45, 7) is 5.31. The summed E-state index contributed by atoms with van der Waals surface area (Å²) >= 11 is 0. The first-order valence-electron chi connectivity index (χ1n) is 8.69. The fourth-order valence-corrected chi connectivity index (χ4v) is 3.25. The molecule has 0 bridgehead atoms. The van der Waals surface area contributed by atoms with Crippen molar-refractivity contribution in [2.75, 3.05) is 26.3 Å². The molecule has 7 nitrogen and oxygen atoms in total. The molecule has 1 amide bonds. The summed E-state index contributed by atoms with van der Waals surface area (Å²) in [5.74, 6) is -0.477. The number of hydrogen-bond acceptors (Lipinski definition) is 5. The Bertz CT molecular complexity index is 745. The fourth-order valence-electron chi connectivity index (χ4n) is 3.25. The lowest BCUT2D eigenvalue weighted by Crippen LogP contribution is -2.49. The van der Waals surface area contributed by atoms with Gasteiger partial charge in [-0.3, -0.25) is 4.79 Å². The molecule has 1 fully saturated rings. The van der Waals surface area contributed by atoms with Gasteiger partial charge in [0.05, 0.1) is 19.3 Å². The van der Waals surface area contributed by atoms with Crippen LogP contribution in [0.4, 0.5) is 0 Å². The number of amides is 1. The number of pyridine rings is 1. The maximum atomic E-state index is 12.9. The Morgan fingerprint density at radius 2 is 2.20 bits per heavy atom. The largest absolute Gasteiger partial charge is 0.390 e. The van der Waals surface area contributed by atoms with Crippen molar-refractivity contribution in [1.29, 1.82) is 0 Å². The van der Waals surface area contributed by atoms with Crippen LogP contribution in [0.5, 0.6) is 0 Å². The fraction of sp³-hybridized carbons (Fsp3) is 0.556. The van der Waals surface area contributed by atoms with Gasteiger partial charge in [-0.1, -0.05) is 13.0 Å². The van der Waals surface area contributed by atoms with Crippen molar-refractivity contribution < 1.29 is 19.7 Å². The van der Waals surface area contributed by atoms with E-state index in [-0.39, 0.29) is 18.4 Å². The second-order valence-electron chi connectivity index (χ2n) is 6.63. The smallest absolute Gasteiger partial charge is 0.274 e. The van der Waals surface area contributed by atoms with Crippen molar-refractivity contribution in [3.8, 4) is 0 Å². The SMILES string of the molecule is CCCN(C[C@@H]1COC[C@@H](O)[C@H]1O)C(=O)c1cn2c(C)cccc2n1. The van der Waals surface area contributed by atoms with Crippen LogP contribution in [0.3, 0.4) is 0 Å². The minimum absolute atomic E-state index is 0.130. The molecule has 1 aliphatic heterocycles. The van der Waals surface area contributed by atoms with Gasteiger partial charge < -0.3 is 24.3 Å². The topological polar surface area (TPSA) is 87.3 Å². The average molecular weight is 347 g/mol. The van der Waals surface area contributed by atoms with E-state index >= 15 is 0 Å². The van der Waals surface area contributed by atoms with E-state index in [9.17, 15) is 15.0 Å². The molecular formula is C18H25N3O4. The quantitative estimate of drug-likeness (QED) is 0.838. The van der Waals surface area contributed by atoms with E-state index < -0.39 is 12.2 Å². The summed E-state index contributed by atoms with van der Waals surface area (Å²) in [6.07, 6.45) is 0.752. The number of carbonyl (C=O) groups excluding carboxylic acids is 1. The van der Waals surface area contributed by atoms with Crippen molar-refractivity contribution >= 4 is 11.6 Å². The Morgan fingerprint density at radius 1 is 1.40 bits per heavy atom. The molecular weight excluding hydrogens is 322 g/mol. The molecule has 2 aromatic rings. The zero-order valence-electron chi connectivity index (χ0n) is 14.6. The standard InChI is InChI=1S/C18H25N3O4/c1-3-7-20(8-13-10-25-11-15(22)17(13)23)18(24)14-9-21-12(2)5-4-6-16(21)19-14/h4-6,9,13,15,17,22-23H,3,7-8,10-11H2,1-2H3/t13-,15-,17+/m1/s1. The number of imidazole rings is 1. The van der Waals surface area contributed by atoms with Gasteiger partial charge in [-0.25, -0.2) is 4.98 Å². The van der Waals surface area contributed by atoms with Gasteiger partial charge in [0.15, 0.2) is 0 Å². The summed E-state index contributed by atoms with van der Waals surface area (Å²) in [4.78, 5) is 19.1. The Morgan fingerprint density at radius 3 is 2.92 bits per heavy atom. The molecule has 3 heterocycles. The zero-order valence-corrected chi connectivity index (χ0v) is 14.6. The summed E-state index contributed by atoms with van der Waals surface area (Å²) in [7, 11) is 0. The lowest BCUT2D eigenvalue weighted by molar-refractivity contribution is -0.124. The zero-order chi connectivity index (χ0) is 18.0.